The average Bonchev–Trinajstić information content (AvgIpc) is 2.64. The summed E-state index contributed by atoms with van der Waals surface area (Å²) in [5.41, 5.74) is 0.751. The number of hydrogen-bond donors (Lipinski definition) is 1. The van der Waals surface area contributed by atoms with Crippen molar-refractivity contribution in [1.82, 2.24) is 14.5 Å². The molecule has 1 N–H and O–H groups in total. The first kappa shape index (κ1) is 12.9. The summed E-state index contributed by atoms with van der Waals surface area (Å²) in [6.07, 6.45) is 3.32. The highest BCUT2D eigenvalue weighted by molar-refractivity contribution is 9.10. The summed E-state index contributed by atoms with van der Waals surface area (Å²) in [6.45, 7) is -0.0362. The lowest BCUT2D eigenvalue weighted by atomic mass is 10.5. The summed E-state index contributed by atoms with van der Waals surface area (Å²) in [4.78, 5) is 8.42. The minimum absolute atomic E-state index is 0.0362. The Labute approximate surface area is 116 Å². The second kappa shape index (κ2) is 5.39. The molecular weight excluding hydrogens is 326 g/mol. The molecule has 0 aliphatic carbocycles. The van der Waals surface area contributed by atoms with Gasteiger partial charge in [-0.2, -0.15) is 0 Å². The molecule has 0 saturated carbocycles. The van der Waals surface area contributed by atoms with E-state index >= 15 is 0 Å². The van der Waals surface area contributed by atoms with Gasteiger partial charge in [0, 0.05) is 17.7 Å². The van der Waals surface area contributed by atoms with E-state index < -0.39 is 0 Å². The molecule has 0 bridgehead atoms. The molecule has 2 aromatic heterocycles. The number of nitrogens with zero attached hydrogens (tertiary/aromatic N) is 3. The fraction of sp³-hybridized carbons (Fsp3) is 0.200. The lowest BCUT2D eigenvalue weighted by Gasteiger charge is -2.04. The third kappa shape index (κ3) is 2.82. The van der Waals surface area contributed by atoms with Crippen LogP contribution in [-0.2, 0) is 13.7 Å². The van der Waals surface area contributed by atoms with Crippen LogP contribution in [0.5, 0.6) is 0 Å². The van der Waals surface area contributed by atoms with Crippen LogP contribution in [0.3, 0.4) is 0 Å². The van der Waals surface area contributed by atoms with Crippen molar-refractivity contribution in [3.05, 3.63) is 33.6 Å². The Morgan fingerprint density at radius 1 is 1.47 bits per heavy atom. The average molecular weight is 335 g/mol. The van der Waals surface area contributed by atoms with Gasteiger partial charge in [-0.25, -0.2) is 9.97 Å². The van der Waals surface area contributed by atoms with Gasteiger partial charge in [0.05, 0.1) is 23.5 Å². The molecule has 0 atom stereocenters. The molecule has 0 amide bonds. The largest absolute Gasteiger partial charge is 0.390 e. The van der Waals surface area contributed by atoms with Crippen LogP contribution in [-0.4, -0.2) is 19.6 Å². The number of imidazole rings is 1. The molecule has 0 unspecified atom stereocenters. The first-order chi connectivity index (χ1) is 8.11. The van der Waals surface area contributed by atoms with Crippen LogP contribution < -0.4 is 0 Å². The molecule has 0 fully saturated rings. The number of pyridine rings is 1. The predicted octanol–water partition coefficient (Wildman–Crippen LogP) is 2.87. The molecule has 7 heteroatoms. The molecule has 0 aromatic carbocycles. The summed E-state index contributed by atoms with van der Waals surface area (Å²) in [6, 6.07) is 1.78. The number of aromatic nitrogens is 3. The van der Waals surface area contributed by atoms with Crippen molar-refractivity contribution in [2.75, 3.05) is 0 Å². The van der Waals surface area contributed by atoms with Crippen LogP contribution in [0.25, 0.3) is 0 Å². The summed E-state index contributed by atoms with van der Waals surface area (Å²) < 4.78 is 2.65. The zero-order valence-electron chi connectivity index (χ0n) is 8.89. The van der Waals surface area contributed by atoms with Crippen molar-refractivity contribution >= 4 is 39.3 Å². The fourth-order valence-electron chi connectivity index (χ4n) is 1.23. The molecule has 90 valence electrons. The van der Waals surface area contributed by atoms with E-state index in [1.165, 1.54) is 11.8 Å². The number of aliphatic hydroxyl groups is 1. The van der Waals surface area contributed by atoms with Gasteiger partial charge in [0.25, 0.3) is 0 Å². The Morgan fingerprint density at radius 3 is 2.82 bits per heavy atom. The fourth-order valence-corrected chi connectivity index (χ4v) is 2.77. The summed E-state index contributed by atoms with van der Waals surface area (Å²) in [7, 11) is 1.84. The third-order valence-electron chi connectivity index (χ3n) is 2.17. The van der Waals surface area contributed by atoms with E-state index in [1.54, 1.807) is 18.5 Å². The van der Waals surface area contributed by atoms with Crippen molar-refractivity contribution in [3.63, 3.8) is 0 Å². The van der Waals surface area contributed by atoms with Crippen molar-refractivity contribution in [2.45, 2.75) is 16.8 Å². The zero-order valence-corrected chi connectivity index (χ0v) is 12.1. The highest BCUT2D eigenvalue weighted by Crippen LogP contribution is 2.32. The zero-order chi connectivity index (χ0) is 12.4. The first-order valence-corrected chi connectivity index (χ1v) is 6.71. The predicted molar refractivity (Wildman–Crippen MR) is 70.2 cm³/mol. The van der Waals surface area contributed by atoms with Crippen LogP contribution in [0, 0.1) is 0 Å². The van der Waals surface area contributed by atoms with E-state index in [0.717, 1.165) is 15.3 Å². The second-order valence-corrected chi connectivity index (χ2v) is 5.57. The van der Waals surface area contributed by atoms with Crippen molar-refractivity contribution in [3.8, 4) is 0 Å². The Morgan fingerprint density at radius 2 is 2.24 bits per heavy atom. The molecule has 2 rings (SSSR count). The third-order valence-corrected chi connectivity index (χ3v) is 4.08. The maximum Gasteiger partial charge on any atom is 0.174 e. The van der Waals surface area contributed by atoms with Crippen molar-refractivity contribution in [2.24, 2.45) is 7.05 Å². The lowest BCUT2D eigenvalue weighted by Crippen LogP contribution is -1.97. The summed E-state index contributed by atoms with van der Waals surface area (Å²) in [5, 5.41) is 11.1. The van der Waals surface area contributed by atoms with Crippen LogP contribution in [0.15, 0.2) is 33.1 Å². The van der Waals surface area contributed by atoms with Gasteiger partial charge in [-0.3, -0.25) is 0 Å². The van der Waals surface area contributed by atoms with E-state index in [1.807, 2.05) is 11.6 Å². The first-order valence-electron chi connectivity index (χ1n) is 4.72. The van der Waals surface area contributed by atoms with E-state index in [9.17, 15) is 0 Å². The normalized spacial score (nSPS) is 10.8. The van der Waals surface area contributed by atoms with E-state index in [-0.39, 0.29) is 6.61 Å². The number of halogens is 2. The minimum atomic E-state index is -0.0362. The molecule has 2 heterocycles. The molecule has 2 aromatic rings. The molecule has 4 nitrogen and oxygen atoms in total. The molecule has 0 spiro atoms. The number of hydrogen-bond acceptors (Lipinski definition) is 4. The molecule has 17 heavy (non-hydrogen) atoms. The maximum absolute atomic E-state index is 9.07. The van der Waals surface area contributed by atoms with Gasteiger partial charge in [-0.05, 0) is 33.8 Å². The van der Waals surface area contributed by atoms with Crippen LogP contribution in [0.1, 0.15) is 5.69 Å². The van der Waals surface area contributed by atoms with Crippen LogP contribution in [0.4, 0.5) is 0 Å². The van der Waals surface area contributed by atoms with Gasteiger partial charge in [0.2, 0.25) is 0 Å². The Bertz CT molecular complexity index is 546. The number of aliphatic hydroxyl groups excluding tert-OH is 1. The number of rotatable bonds is 3. The van der Waals surface area contributed by atoms with Gasteiger partial charge >= 0.3 is 0 Å². The highest BCUT2D eigenvalue weighted by Gasteiger charge is 2.11. The smallest absolute Gasteiger partial charge is 0.174 e. The van der Waals surface area contributed by atoms with E-state index in [2.05, 4.69) is 25.9 Å². The van der Waals surface area contributed by atoms with E-state index in [0.29, 0.717) is 10.0 Å². The molecular formula is C10H9BrClN3OS. The van der Waals surface area contributed by atoms with Gasteiger partial charge in [-0.1, -0.05) is 11.6 Å². The van der Waals surface area contributed by atoms with Crippen LogP contribution in [0.2, 0.25) is 5.02 Å². The minimum Gasteiger partial charge on any atom is -0.390 e. The van der Waals surface area contributed by atoms with Crippen LogP contribution >= 0.6 is 39.3 Å². The quantitative estimate of drug-likeness (QED) is 0.938. The molecule has 0 radical (unpaired) electrons. The summed E-state index contributed by atoms with van der Waals surface area (Å²) >= 11 is 10.7. The Balaban J connectivity index is 2.28. The molecule has 0 aliphatic heterocycles. The van der Waals surface area contributed by atoms with Gasteiger partial charge in [-0.15, -0.1) is 0 Å². The Kier molecular flexibility index (Phi) is 4.09. The van der Waals surface area contributed by atoms with Gasteiger partial charge < -0.3 is 9.67 Å². The van der Waals surface area contributed by atoms with Crippen molar-refractivity contribution in [1.29, 1.82) is 0 Å². The van der Waals surface area contributed by atoms with Gasteiger partial charge in [0.15, 0.2) is 5.16 Å². The SMILES string of the molecule is Cn1c(CO)cnc1Sc1ncc(Br)cc1Cl. The standard InChI is InChI=1S/C10H9BrClN3OS/c1-15-7(5-16)4-14-10(15)17-9-8(12)2-6(11)3-13-9/h2-4,16H,5H2,1H3. The topological polar surface area (TPSA) is 50.9 Å². The molecule has 0 aliphatic rings. The monoisotopic (exact) mass is 333 g/mol. The summed E-state index contributed by atoms with van der Waals surface area (Å²) in [5.74, 6) is 0. The van der Waals surface area contributed by atoms with Crippen molar-refractivity contribution < 1.29 is 5.11 Å². The maximum atomic E-state index is 9.07. The van der Waals surface area contributed by atoms with E-state index in [4.69, 9.17) is 16.7 Å². The Hall–Kier alpha value is -0.560. The highest BCUT2D eigenvalue weighted by atomic mass is 79.9. The second-order valence-electron chi connectivity index (χ2n) is 3.29. The lowest BCUT2D eigenvalue weighted by molar-refractivity contribution is 0.271. The van der Waals surface area contributed by atoms with Gasteiger partial charge in [0.1, 0.15) is 5.03 Å². The molecule has 0 saturated heterocycles.